The zero-order valence-electron chi connectivity index (χ0n) is 15.1. The predicted molar refractivity (Wildman–Crippen MR) is 99.5 cm³/mol. The molecule has 0 spiro atoms. The summed E-state index contributed by atoms with van der Waals surface area (Å²) in [5.41, 5.74) is 0.312. The molecule has 25 heavy (non-hydrogen) atoms. The molecule has 3 rings (SSSR count). The predicted octanol–water partition coefficient (Wildman–Crippen LogP) is 3.02. The summed E-state index contributed by atoms with van der Waals surface area (Å²) in [6.45, 7) is 3.78. The Labute approximate surface area is 149 Å². The standard InChI is InChI=1S/C21H27NO3/c1-16-15-22(11-9-21(16,24)10-12-25-2)20(23)14-17-7-8-18-5-3-4-6-19(18)13-17/h3-8,13,16,24H,9-12,14-15H2,1-2H3/t16-,21-/m1/s1. The second-order valence-electron chi connectivity index (χ2n) is 7.20. The number of carbonyl (C=O) groups is 1. The van der Waals surface area contributed by atoms with Gasteiger partial charge in [0.15, 0.2) is 0 Å². The van der Waals surface area contributed by atoms with Gasteiger partial charge in [0.05, 0.1) is 12.0 Å². The fourth-order valence-electron chi connectivity index (χ4n) is 3.68. The van der Waals surface area contributed by atoms with Gasteiger partial charge in [-0.15, -0.1) is 0 Å². The Morgan fingerprint density at radius 1 is 1.28 bits per heavy atom. The number of methoxy groups -OCH3 is 1. The number of piperidine rings is 1. The lowest BCUT2D eigenvalue weighted by atomic mass is 9.79. The van der Waals surface area contributed by atoms with Crippen molar-refractivity contribution in [3.05, 3.63) is 48.0 Å². The van der Waals surface area contributed by atoms with Gasteiger partial charge < -0.3 is 14.7 Å². The van der Waals surface area contributed by atoms with Crippen LogP contribution in [0.2, 0.25) is 0 Å². The number of rotatable bonds is 5. The van der Waals surface area contributed by atoms with Gasteiger partial charge in [-0.3, -0.25) is 4.79 Å². The Morgan fingerprint density at radius 3 is 2.76 bits per heavy atom. The summed E-state index contributed by atoms with van der Waals surface area (Å²) >= 11 is 0. The highest BCUT2D eigenvalue weighted by Gasteiger charge is 2.39. The first kappa shape index (κ1) is 17.9. The summed E-state index contributed by atoms with van der Waals surface area (Å²) in [4.78, 5) is 14.6. The minimum Gasteiger partial charge on any atom is -0.389 e. The van der Waals surface area contributed by atoms with Gasteiger partial charge in [0.2, 0.25) is 5.91 Å². The van der Waals surface area contributed by atoms with E-state index in [1.165, 1.54) is 5.39 Å². The first-order valence-corrected chi connectivity index (χ1v) is 8.98. The quantitative estimate of drug-likeness (QED) is 0.909. The van der Waals surface area contributed by atoms with Crippen molar-refractivity contribution in [2.24, 2.45) is 5.92 Å². The Bertz CT molecular complexity index is 745. The third-order valence-electron chi connectivity index (χ3n) is 5.49. The van der Waals surface area contributed by atoms with Crippen LogP contribution in [0, 0.1) is 5.92 Å². The molecule has 1 aliphatic heterocycles. The van der Waals surface area contributed by atoms with Crippen molar-refractivity contribution >= 4 is 16.7 Å². The van der Waals surface area contributed by atoms with Crippen LogP contribution in [0.1, 0.15) is 25.3 Å². The summed E-state index contributed by atoms with van der Waals surface area (Å²) < 4.78 is 5.11. The molecule has 2 aromatic rings. The lowest BCUT2D eigenvalue weighted by Gasteiger charge is -2.43. The second-order valence-corrected chi connectivity index (χ2v) is 7.20. The maximum absolute atomic E-state index is 12.7. The molecule has 0 saturated carbocycles. The van der Waals surface area contributed by atoms with Crippen LogP contribution in [-0.2, 0) is 16.0 Å². The van der Waals surface area contributed by atoms with E-state index in [0.717, 1.165) is 10.9 Å². The number of hydrogen-bond acceptors (Lipinski definition) is 3. The smallest absolute Gasteiger partial charge is 0.227 e. The average Bonchev–Trinajstić information content (AvgIpc) is 2.62. The molecule has 4 nitrogen and oxygen atoms in total. The molecule has 0 radical (unpaired) electrons. The van der Waals surface area contributed by atoms with E-state index in [2.05, 4.69) is 24.3 Å². The molecule has 0 bridgehead atoms. The number of hydrogen-bond donors (Lipinski definition) is 1. The van der Waals surface area contributed by atoms with Crippen molar-refractivity contribution in [3.63, 3.8) is 0 Å². The number of likely N-dealkylation sites (tertiary alicyclic amines) is 1. The molecule has 1 aliphatic rings. The molecule has 1 N–H and O–H groups in total. The Hall–Kier alpha value is -1.91. The summed E-state index contributed by atoms with van der Waals surface area (Å²) in [6.07, 6.45) is 1.65. The van der Waals surface area contributed by atoms with Gasteiger partial charge in [0.1, 0.15) is 0 Å². The second kappa shape index (κ2) is 7.54. The van der Waals surface area contributed by atoms with Gasteiger partial charge >= 0.3 is 0 Å². The third-order valence-corrected chi connectivity index (χ3v) is 5.49. The van der Waals surface area contributed by atoms with Gasteiger partial charge in [0, 0.05) is 32.7 Å². The number of fused-ring (bicyclic) bond motifs is 1. The Morgan fingerprint density at radius 2 is 2.04 bits per heavy atom. The van der Waals surface area contributed by atoms with Crippen LogP contribution in [0.3, 0.4) is 0 Å². The number of ether oxygens (including phenoxy) is 1. The van der Waals surface area contributed by atoms with E-state index in [4.69, 9.17) is 4.74 Å². The van der Waals surface area contributed by atoms with Crippen LogP contribution < -0.4 is 0 Å². The van der Waals surface area contributed by atoms with Crippen LogP contribution in [0.25, 0.3) is 10.8 Å². The topological polar surface area (TPSA) is 49.8 Å². The van der Waals surface area contributed by atoms with Gasteiger partial charge in [0.25, 0.3) is 0 Å². The van der Waals surface area contributed by atoms with Crippen LogP contribution in [-0.4, -0.2) is 48.3 Å². The molecule has 1 heterocycles. The number of amides is 1. The normalized spacial score (nSPS) is 23.8. The van der Waals surface area contributed by atoms with Crippen molar-refractivity contribution in [2.75, 3.05) is 26.8 Å². The Balaban J connectivity index is 1.63. The molecule has 4 heteroatoms. The summed E-state index contributed by atoms with van der Waals surface area (Å²) in [5.74, 6) is 0.188. The van der Waals surface area contributed by atoms with Crippen molar-refractivity contribution in [1.29, 1.82) is 0 Å². The maximum atomic E-state index is 12.7. The highest BCUT2D eigenvalue weighted by atomic mass is 16.5. The molecule has 0 aromatic heterocycles. The number of carbonyl (C=O) groups excluding carboxylic acids is 1. The summed E-state index contributed by atoms with van der Waals surface area (Å²) in [6, 6.07) is 14.4. The molecule has 0 aliphatic carbocycles. The van der Waals surface area contributed by atoms with Gasteiger partial charge in [-0.1, -0.05) is 49.4 Å². The van der Waals surface area contributed by atoms with E-state index in [0.29, 0.717) is 39.0 Å². The molecular weight excluding hydrogens is 314 g/mol. The van der Waals surface area contributed by atoms with E-state index < -0.39 is 5.60 Å². The minimum absolute atomic E-state index is 0.0527. The van der Waals surface area contributed by atoms with E-state index >= 15 is 0 Å². The van der Waals surface area contributed by atoms with Crippen LogP contribution in [0.4, 0.5) is 0 Å². The molecule has 2 aromatic carbocycles. The summed E-state index contributed by atoms with van der Waals surface area (Å²) in [7, 11) is 1.65. The minimum atomic E-state index is -0.726. The zero-order chi connectivity index (χ0) is 17.9. The number of benzene rings is 2. The van der Waals surface area contributed by atoms with Crippen LogP contribution in [0.15, 0.2) is 42.5 Å². The van der Waals surface area contributed by atoms with E-state index in [9.17, 15) is 9.90 Å². The molecule has 2 atom stereocenters. The third kappa shape index (κ3) is 4.02. The van der Waals surface area contributed by atoms with Crippen molar-refractivity contribution < 1.29 is 14.6 Å². The van der Waals surface area contributed by atoms with Crippen LogP contribution >= 0.6 is 0 Å². The lowest BCUT2D eigenvalue weighted by molar-refractivity contribution is -0.139. The van der Waals surface area contributed by atoms with Gasteiger partial charge in [-0.05, 0) is 29.2 Å². The van der Waals surface area contributed by atoms with Crippen molar-refractivity contribution in [3.8, 4) is 0 Å². The van der Waals surface area contributed by atoms with E-state index in [1.54, 1.807) is 7.11 Å². The van der Waals surface area contributed by atoms with Gasteiger partial charge in [-0.25, -0.2) is 0 Å². The van der Waals surface area contributed by atoms with Crippen LogP contribution in [0.5, 0.6) is 0 Å². The van der Waals surface area contributed by atoms with Crippen molar-refractivity contribution in [2.45, 2.75) is 31.8 Å². The maximum Gasteiger partial charge on any atom is 0.227 e. The zero-order valence-corrected chi connectivity index (χ0v) is 15.1. The van der Waals surface area contributed by atoms with Crippen molar-refractivity contribution in [1.82, 2.24) is 4.90 Å². The monoisotopic (exact) mass is 341 g/mol. The molecule has 0 unspecified atom stereocenters. The SMILES string of the molecule is COCC[C@]1(O)CCN(C(=O)Cc2ccc3ccccc3c2)C[C@H]1C. The molecule has 1 fully saturated rings. The first-order valence-electron chi connectivity index (χ1n) is 8.98. The first-order chi connectivity index (χ1) is 12.0. The number of aliphatic hydroxyl groups is 1. The van der Waals surface area contributed by atoms with Gasteiger partial charge in [-0.2, -0.15) is 0 Å². The highest BCUT2D eigenvalue weighted by molar-refractivity contribution is 5.85. The molecule has 1 amide bonds. The molecular formula is C21H27NO3. The van der Waals surface area contributed by atoms with E-state index in [1.807, 2.05) is 30.0 Å². The highest BCUT2D eigenvalue weighted by Crippen LogP contribution is 2.31. The fourth-order valence-corrected chi connectivity index (χ4v) is 3.68. The fraction of sp³-hybridized carbons (Fsp3) is 0.476. The molecule has 134 valence electrons. The lowest BCUT2D eigenvalue weighted by Crippen LogP contribution is -2.53. The summed E-state index contributed by atoms with van der Waals surface area (Å²) in [5, 5.41) is 13.1. The largest absolute Gasteiger partial charge is 0.389 e. The number of nitrogens with zero attached hydrogens (tertiary/aromatic N) is 1. The van der Waals surface area contributed by atoms with E-state index in [-0.39, 0.29) is 11.8 Å². The Kier molecular flexibility index (Phi) is 5.40. The average molecular weight is 341 g/mol. The molecule has 1 saturated heterocycles.